The maximum Gasteiger partial charge on any atom is 0.0726 e. The molecule has 0 saturated heterocycles. The molecule has 10 aromatic carbocycles. The fraction of sp³-hybridized carbons (Fsp3) is 0.0175. The fourth-order valence-electron chi connectivity index (χ4n) is 10.8. The first-order chi connectivity index (χ1) is 29.3. The molecule has 0 fully saturated rings. The number of aromatic nitrogens is 1. The van der Waals surface area contributed by atoms with Crippen LogP contribution in [-0.2, 0) is 5.41 Å². The van der Waals surface area contributed by atoms with E-state index in [0.29, 0.717) is 0 Å². The lowest BCUT2D eigenvalue weighted by Crippen LogP contribution is -2.30. The molecular formula is C57H36N2. The van der Waals surface area contributed by atoms with Crippen LogP contribution in [0.5, 0.6) is 0 Å². The Morgan fingerprint density at radius 2 is 0.915 bits per heavy atom. The Balaban J connectivity index is 1.10. The SMILES string of the molecule is c1ccc(N(c2ccccc2)c2ccc(-c3ccc4c5c3ccc3c5c5c(cccc5n3-c3ccc5ccccc5c3)C43c4ccccc4-c4ccccc43)cc2)cc1. The van der Waals surface area contributed by atoms with Crippen LogP contribution in [-0.4, -0.2) is 4.57 Å². The number of anilines is 3. The number of hydrogen-bond acceptors (Lipinski definition) is 1. The maximum absolute atomic E-state index is 2.51. The second-order valence-corrected chi connectivity index (χ2v) is 16.0. The van der Waals surface area contributed by atoms with E-state index in [4.69, 9.17) is 0 Å². The van der Waals surface area contributed by atoms with Crippen LogP contribution in [0.25, 0.3) is 71.3 Å². The van der Waals surface area contributed by atoms with Crippen molar-refractivity contribution in [1.82, 2.24) is 4.57 Å². The van der Waals surface area contributed by atoms with E-state index in [9.17, 15) is 0 Å². The summed E-state index contributed by atoms with van der Waals surface area (Å²) in [4.78, 5) is 2.33. The van der Waals surface area contributed by atoms with Crippen molar-refractivity contribution in [2.24, 2.45) is 0 Å². The molecule has 1 aromatic heterocycles. The second-order valence-electron chi connectivity index (χ2n) is 16.0. The highest BCUT2D eigenvalue weighted by Crippen LogP contribution is 2.62. The van der Waals surface area contributed by atoms with E-state index in [1.807, 2.05) is 0 Å². The molecule has 2 aliphatic rings. The minimum Gasteiger partial charge on any atom is -0.311 e. The van der Waals surface area contributed by atoms with E-state index in [-0.39, 0.29) is 0 Å². The monoisotopic (exact) mass is 748 g/mol. The zero-order valence-electron chi connectivity index (χ0n) is 32.2. The van der Waals surface area contributed by atoms with E-state index in [0.717, 1.165) is 17.1 Å². The minimum atomic E-state index is -0.476. The van der Waals surface area contributed by atoms with E-state index in [1.165, 1.54) is 93.5 Å². The zero-order chi connectivity index (χ0) is 38.7. The molecule has 2 heteroatoms. The van der Waals surface area contributed by atoms with Crippen molar-refractivity contribution < 1.29 is 0 Å². The molecule has 11 aromatic rings. The fourth-order valence-corrected chi connectivity index (χ4v) is 10.8. The Labute approximate surface area is 342 Å². The van der Waals surface area contributed by atoms with Gasteiger partial charge < -0.3 is 9.47 Å². The van der Waals surface area contributed by atoms with Gasteiger partial charge in [0, 0.05) is 33.5 Å². The first-order valence-electron chi connectivity index (χ1n) is 20.5. The van der Waals surface area contributed by atoms with Crippen molar-refractivity contribution in [3.63, 3.8) is 0 Å². The van der Waals surface area contributed by atoms with Crippen LogP contribution < -0.4 is 4.90 Å². The summed E-state index contributed by atoms with van der Waals surface area (Å²) in [6.07, 6.45) is 0. The molecule has 2 aliphatic carbocycles. The predicted molar refractivity (Wildman–Crippen MR) is 247 cm³/mol. The van der Waals surface area contributed by atoms with Crippen molar-refractivity contribution >= 4 is 60.4 Å². The lowest BCUT2D eigenvalue weighted by molar-refractivity contribution is 0.783. The lowest BCUT2D eigenvalue weighted by atomic mass is 9.63. The summed E-state index contributed by atoms with van der Waals surface area (Å²) in [5.74, 6) is 0. The van der Waals surface area contributed by atoms with E-state index >= 15 is 0 Å². The van der Waals surface area contributed by atoms with Crippen LogP contribution in [0, 0.1) is 0 Å². The third-order valence-corrected chi connectivity index (χ3v) is 13.2. The van der Waals surface area contributed by atoms with Crippen LogP contribution >= 0.6 is 0 Å². The summed E-state index contributed by atoms with van der Waals surface area (Å²) in [7, 11) is 0. The topological polar surface area (TPSA) is 8.17 Å². The third-order valence-electron chi connectivity index (χ3n) is 13.2. The Kier molecular flexibility index (Phi) is 6.68. The predicted octanol–water partition coefficient (Wildman–Crippen LogP) is 14.9. The molecule has 0 N–H and O–H groups in total. The molecule has 0 unspecified atom stereocenters. The number of fused-ring (bicyclic) bond motifs is 8. The van der Waals surface area contributed by atoms with Gasteiger partial charge in [-0.15, -0.1) is 0 Å². The summed E-state index contributed by atoms with van der Waals surface area (Å²) in [6.45, 7) is 0. The Bertz CT molecular complexity index is 3400. The van der Waals surface area contributed by atoms with Crippen molar-refractivity contribution in [3.8, 4) is 27.9 Å². The Hall–Kier alpha value is -7.68. The highest BCUT2D eigenvalue weighted by molar-refractivity contribution is 6.28. The number of para-hydroxylation sites is 2. The first kappa shape index (κ1) is 32.4. The van der Waals surface area contributed by atoms with E-state index < -0.39 is 5.41 Å². The summed E-state index contributed by atoms with van der Waals surface area (Å²) >= 11 is 0. The van der Waals surface area contributed by atoms with Crippen LogP contribution in [0.1, 0.15) is 22.3 Å². The summed E-state index contributed by atoms with van der Waals surface area (Å²) in [6, 6.07) is 80.9. The molecule has 1 heterocycles. The summed E-state index contributed by atoms with van der Waals surface area (Å²) in [5, 5.41) is 7.79. The minimum absolute atomic E-state index is 0.476. The van der Waals surface area contributed by atoms with Crippen molar-refractivity contribution in [3.05, 3.63) is 241 Å². The molecule has 0 aliphatic heterocycles. The number of benzene rings is 10. The van der Waals surface area contributed by atoms with Crippen molar-refractivity contribution in [1.29, 1.82) is 0 Å². The third kappa shape index (κ3) is 4.35. The molecule has 0 bridgehead atoms. The van der Waals surface area contributed by atoms with Gasteiger partial charge in [-0.1, -0.05) is 158 Å². The zero-order valence-corrected chi connectivity index (χ0v) is 32.2. The van der Waals surface area contributed by atoms with Crippen LogP contribution in [0.2, 0.25) is 0 Å². The van der Waals surface area contributed by atoms with Gasteiger partial charge in [0.05, 0.1) is 16.4 Å². The molecular weight excluding hydrogens is 713 g/mol. The maximum atomic E-state index is 2.51. The first-order valence-corrected chi connectivity index (χ1v) is 20.5. The van der Waals surface area contributed by atoms with Crippen molar-refractivity contribution in [2.45, 2.75) is 5.41 Å². The Morgan fingerprint density at radius 3 is 1.63 bits per heavy atom. The largest absolute Gasteiger partial charge is 0.311 e. The smallest absolute Gasteiger partial charge is 0.0726 e. The van der Waals surface area contributed by atoms with Gasteiger partial charge in [0.15, 0.2) is 0 Å². The molecule has 13 rings (SSSR count). The van der Waals surface area contributed by atoms with Gasteiger partial charge in [-0.25, -0.2) is 0 Å². The molecule has 1 spiro atoms. The number of hydrogen-bond donors (Lipinski definition) is 0. The molecule has 2 nitrogen and oxygen atoms in total. The lowest BCUT2D eigenvalue weighted by Gasteiger charge is -2.38. The quantitative estimate of drug-likeness (QED) is 0.170. The molecule has 0 saturated carbocycles. The number of nitrogens with zero attached hydrogens (tertiary/aromatic N) is 2. The average Bonchev–Trinajstić information content (AvgIpc) is 3.80. The van der Waals surface area contributed by atoms with E-state index in [2.05, 4.69) is 228 Å². The van der Waals surface area contributed by atoms with Gasteiger partial charge in [0.1, 0.15) is 0 Å². The highest BCUT2D eigenvalue weighted by atomic mass is 15.1. The van der Waals surface area contributed by atoms with Gasteiger partial charge in [-0.05, 0) is 127 Å². The normalized spacial score (nSPS) is 13.2. The average molecular weight is 749 g/mol. The van der Waals surface area contributed by atoms with E-state index in [1.54, 1.807) is 0 Å². The second kappa shape index (κ2) is 12.2. The molecule has 0 amide bonds. The van der Waals surface area contributed by atoms with Gasteiger partial charge >= 0.3 is 0 Å². The van der Waals surface area contributed by atoms with Gasteiger partial charge in [0.25, 0.3) is 0 Å². The van der Waals surface area contributed by atoms with Gasteiger partial charge in [-0.3, -0.25) is 0 Å². The van der Waals surface area contributed by atoms with Crippen molar-refractivity contribution in [2.75, 3.05) is 4.90 Å². The Morgan fingerprint density at radius 1 is 0.339 bits per heavy atom. The highest BCUT2D eigenvalue weighted by Gasteiger charge is 2.50. The van der Waals surface area contributed by atoms with Gasteiger partial charge in [0.2, 0.25) is 0 Å². The van der Waals surface area contributed by atoms with Crippen LogP contribution in [0.4, 0.5) is 17.1 Å². The molecule has 0 radical (unpaired) electrons. The standard InChI is InChI=1S/C57H36N2/c1-3-16-40(17-4-1)58(41-18-5-2-6-19-41)42-29-27-38(28-30-42)44-32-34-51-54-47(44)33-35-53-56(54)55-50(57(51)48-22-11-9-20-45(48)46-21-10-12-23-49(46)57)24-13-25-52(55)59(53)43-31-26-37-14-7-8-15-39(37)36-43/h1-36H. The van der Waals surface area contributed by atoms with Crippen LogP contribution in [0.15, 0.2) is 218 Å². The summed E-state index contributed by atoms with van der Waals surface area (Å²) in [5.41, 5.74) is 17.1. The molecule has 59 heavy (non-hydrogen) atoms. The van der Waals surface area contributed by atoms with Gasteiger partial charge in [-0.2, -0.15) is 0 Å². The number of rotatable bonds is 5. The molecule has 274 valence electrons. The molecule has 0 atom stereocenters. The van der Waals surface area contributed by atoms with Crippen LogP contribution in [0.3, 0.4) is 0 Å². The summed E-state index contributed by atoms with van der Waals surface area (Å²) < 4.78 is 2.51.